The molecular weight excluding hydrogens is 224 g/mol. The second kappa shape index (κ2) is 4.01. The summed E-state index contributed by atoms with van der Waals surface area (Å²) < 4.78 is 23.5. The maximum atomic E-state index is 11.8. The summed E-state index contributed by atoms with van der Waals surface area (Å²) in [6, 6.07) is 9.38. The van der Waals surface area contributed by atoms with Crippen molar-refractivity contribution in [1.29, 1.82) is 0 Å². The van der Waals surface area contributed by atoms with E-state index in [0.717, 1.165) is 11.8 Å². The van der Waals surface area contributed by atoms with Gasteiger partial charge in [-0.3, -0.25) is 0 Å². The predicted octanol–water partition coefficient (Wildman–Crippen LogP) is 1.40. The topological polar surface area (TPSA) is 51.2 Å². The van der Waals surface area contributed by atoms with Crippen LogP contribution in [0.15, 0.2) is 30.3 Å². The normalized spacial score (nSPS) is 28.7. The lowest BCUT2D eigenvalue weighted by atomic mass is 10.1. The van der Waals surface area contributed by atoms with Crippen molar-refractivity contribution >= 4 is 16.1 Å². The molecule has 1 saturated carbocycles. The summed E-state index contributed by atoms with van der Waals surface area (Å²) in [5.74, 6) is -0.387. The van der Waals surface area contributed by atoms with Crippen LogP contribution >= 0.6 is 0 Å². The minimum atomic E-state index is -3.11. The average molecular weight is 238 g/mol. The lowest BCUT2D eigenvalue weighted by Crippen LogP contribution is -2.12. The fourth-order valence-corrected chi connectivity index (χ4v) is 4.00. The van der Waals surface area contributed by atoms with Crippen molar-refractivity contribution in [2.24, 2.45) is 5.92 Å². The van der Waals surface area contributed by atoms with Gasteiger partial charge in [0.05, 0.1) is 5.25 Å². The Morgan fingerprint density at radius 1 is 1.25 bits per heavy atom. The van der Waals surface area contributed by atoms with Crippen molar-refractivity contribution in [3.63, 3.8) is 0 Å². The SMILES string of the molecule is CCS(=O)(=O)[C@H]1[C@@H](C=O)[C@@H]1c1ccccc1. The van der Waals surface area contributed by atoms with Crippen LogP contribution in [0.3, 0.4) is 0 Å². The number of aldehydes is 1. The third-order valence-corrected chi connectivity index (χ3v) is 5.41. The minimum absolute atomic E-state index is 0.103. The fourth-order valence-electron chi connectivity index (χ4n) is 2.21. The first-order chi connectivity index (χ1) is 7.61. The molecule has 1 aromatic rings. The summed E-state index contributed by atoms with van der Waals surface area (Å²) in [7, 11) is -3.11. The van der Waals surface area contributed by atoms with Gasteiger partial charge in [-0.05, 0) is 5.56 Å². The van der Waals surface area contributed by atoms with E-state index in [1.165, 1.54) is 0 Å². The van der Waals surface area contributed by atoms with E-state index in [2.05, 4.69) is 0 Å². The highest BCUT2D eigenvalue weighted by Gasteiger charge is 2.57. The summed E-state index contributed by atoms with van der Waals surface area (Å²) in [6.45, 7) is 1.62. The number of hydrogen-bond donors (Lipinski definition) is 0. The lowest BCUT2D eigenvalue weighted by molar-refractivity contribution is -0.108. The van der Waals surface area contributed by atoms with E-state index in [9.17, 15) is 13.2 Å². The van der Waals surface area contributed by atoms with Crippen LogP contribution < -0.4 is 0 Å². The summed E-state index contributed by atoms with van der Waals surface area (Å²) in [5.41, 5.74) is 0.946. The average Bonchev–Trinajstić information content (AvgIpc) is 3.05. The highest BCUT2D eigenvalue weighted by Crippen LogP contribution is 2.51. The van der Waals surface area contributed by atoms with Crippen LogP contribution in [-0.2, 0) is 14.6 Å². The zero-order chi connectivity index (χ0) is 11.8. The molecule has 86 valence electrons. The Hall–Kier alpha value is -1.16. The maximum absolute atomic E-state index is 11.8. The van der Waals surface area contributed by atoms with Gasteiger partial charge in [0.25, 0.3) is 0 Å². The Labute approximate surface area is 95.4 Å². The number of carbonyl (C=O) groups is 1. The molecule has 0 radical (unpaired) electrons. The van der Waals surface area contributed by atoms with Crippen LogP contribution in [-0.4, -0.2) is 25.7 Å². The second-order valence-electron chi connectivity index (χ2n) is 4.07. The van der Waals surface area contributed by atoms with Crippen molar-refractivity contribution < 1.29 is 13.2 Å². The third-order valence-electron chi connectivity index (χ3n) is 3.17. The zero-order valence-corrected chi connectivity index (χ0v) is 9.85. The van der Waals surface area contributed by atoms with Crippen LogP contribution in [0.1, 0.15) is 18.4 Å². The van der Waals surface area contributed by atoms with Crippen LogP contribution in [0.2, 0.25) is 0 Å². The Balaban J connectivity index is 2.29. The Kier molecular flexibility index (Phi) is 2.84. The smallest absolute Gasteiger partial charge is 0.154 e. The summed E-state index contributed by atoms with van der Waals surface area (Å²) >= 11 is 0. The van der Waals surface area contributed by atoms with Gasteiger partial charge in [-0.15, -0.1) is 0 Å². The maximum Gasteiger partial charge on any atom is 0.154 e. The van der Waals surface area contributed by atoms with Gasteiger partial charge >= 0.3 is 0 Å². The first-order valence-electron chi connectivity index (χ1n) is 5.33. The molecule has 1 fully saturated rings. The molecule has 4 heteroatoms. The molecule has 1 aliphatic carbocycles. The lowest BCUT2D eigenvalue weighted by Gasteiger charge is -1.99. The molecule has 3 nitrogen and oxygen atoms in total. The van der Waals surface area contributed by atoms with Gasteiger partial charge in [0.2, 0.25) is 0 Å². The van der Waals surface area contributed by atoms with E-state index in [0.29, 0.717) is 0 Å². The number of sulfone groups is 1. The van der Waals surface area contributed by atoms with Gasteiger partial charge in [-0.2, -0.15) is 0 Å². The third kappa shape index (κ3) is 1.78. The molecule has 0 heterocycles. The van der Waals surface area contributed by atoms with Crippen molar-refractivity contribution in [3.05, 3.63) is 35.9 Å². The number of hydrogen-bond acceptors (Lipinski definition) is 3. The second-order valence-corrected chi connectivity index (χ2v) is 6.51. The number of benzene rings is 1. The van der Waals surface area contributed by atoms with Crippen molar-refractivity contribution in [2.75, 3.05) is 5.75 Å². The van der Waals surface area contributed by atoms with E-state index in [1.54, 1.807) is 6.92 Å². The summed E-state index contributed by atoms with van der Waals surface area (Å²) in [4.78, 5) is 10.9. The highest BCUT2D eigenvalue weighted by molar-refractivity contribution is 7.92. The molecule has 0 N–H and O–H groups in total. The molecule has 0 aliphatic heterocycles. The van der Waals surface area contributed by atoms with Gasteiger partial charge in [0.15, 0.2) is 9.84 Å². The Morgan fingerprint density at radius 2 is 1.88 bits per heavy atom. The van der Waals surface area contributed by atoms with Gasteiger partial charge in [0, 0.05) is 17.6 Å². The highest BCUT2D eigenvalue weighted by atomic mass is 32.2. The molecule has 0 bridgehead atoms. The predicted molar refractivity (Wildman–Crippen MR) is 62.0 cm³/mol. The van der Waals surface area contributed by atoms with Crippen LogP contribution in [0.25, 0.3) is 0 Å². The molecule has 0 unspecified atom stereocenters. The van der Waals surface area contributed by atoms with E-state index in [4.69, 9.17) is 0 Å². The first kappa shape index (κ1) is 11.3. The fraction of sp³-hybridized carbons (Fsp3) is 0.417. The zero-order valence-electron chi connectivity index (χ0n) is 9.04. The van der Waals surface area contributed by atoms with Crippen molar-refractivity contribution in [1.82, 2.24) is 0 Å². The Bertz CT molecular complexity index is 478. The molecule has 0 saturated heterocycles. The van der Waals surface area contributed by atoms with Crippen LogP contribution in [0.4, 0.5) is 0 Å². The van der Waals surface area contributed by atoms with Gasteiger partial charge < -0.3 is 4.79 Å². The number of rotatable bonds is 4. The summed E-state index contributed by atoms with van der Waals surface area (Å²) in [6.07, 6.45) is 0.773. The van der Waals surface area contributed by atoms with E-state index >= 15 is 0 Å². The van der Waals surface area contributed by atoms with Gasteiger partial charge in [-0.25, -0.2) is 8.42 Å². The molecule has 1 aliphatic rings. The molecule has 1 aromatic carbocycles. The van der Waals surface area contributed by atoms with E-state index in [1.807, 2.05) is 30.3 Å². The minimum Gasteiger partial charge on any atom is -0.303 e. The van der Waals surface area contributed by atoms with Crippen molar-refractivity contribution in [2.45, 2.75) is 18.1 Å². The molecule has 2 rings (SSSR count). The van der Waals surface area contributed by atoms with Gasteiger partial charge in [-0.1, -0.05) is 37.3 Å². The monoisotopic (exact) mass is 238 g/mol. The van der Waals surface area contributed by atoms with E-state index in [-0.39, 0.29) is 17.6 Å². The van der Waals surface area contributed by atoms with Crippen LogP contribution in [0.5, 0.6) is 0 Å². The van der Waals surface area contributed by atoms with Crippen LogP contribution in [0, 0.1) is 5.92 Å². The van der Waals surface area contributed by atoms with Gasteiger partial charge in [0.1, 0.15) is 6.29 Å². The standard InChI is InChI=1S/C12H14O3S/c1-2-16(14,15)12-10(8-13)11(12)9-6-4-3-5-7-9/h3-8,10-12H,2H2,1H3/t10-,11-,12-/m0/s1. The summed E-state index contributed by atoms with van der Waals surface area (Å²) in [5, 5.41) is -0.502. The van der Waals surface area contributed by atoms with E-state index < -0.39 is 15.1 Å². The molecule has 0 aromatic heterocycles. The first-order valence-corrected chi connectivity index (χ1v) is 7.05. The Morgan fingerprint density at radius 3 is 2.38 bits per heavy atom. The molecule has 0 spiro atoms. The molecule has 0 amide bonds. The van der Waals surface area contributed by atoms with Crippen molar-refractivity contribution in [3.8, 4) is 0 Å². The largest absolute Gasteiger partial charge is 0.303 e. The molecular formula is C12H14O3S. The quantitative estimate of drug-likeness (QED) is 0.745. The molecule has 16 heavy (non-hydrogen) atoms. The molecule has 3 atom stereocenters. The number of carbonyl (C=O) groups excluding carboxylic acids is 1.